The van der Waals surface area contributed by atoms with Crippen LogP contribution < -0.4 is 0 Å². The van der Waals surface area contributed by atoms with Crippen LogP contribution in [0.4, 0.5) is 0 Å². The molecule has 4 heteroatoms. The van der Waals surface area contributed by atoms with E-state index in [1.54, 1.807) is 0 Å². The van der Waals surface area contributed by atoms with E-state index in [0.717, 1.165) is 19.3 Å². The summed E-state index contributed by atoms with van der Waals surface area (Å²) in [4.78, 5) is 21.4. The van der Waals surface area contributed by atoms with Crippen molar-refractivity contribution in [1.29, 1.82) is 0 Å². The van der Waals surface area contributed by atoms with Crippen molar-refractivity contribution in [1.82, 2.24) is 0 Å². The Morgan fingerprint density at radius 1 is 1.06 bits per heavy atom. The summed E-state index contributed by atoms with van der Waals surface area (Å²) in [5.41, 5.74) is 0. The Balaban J connectivity index is 3.55. The molecular weight excluding hydrogens is 220 g/mol. The van der Waals surface area contributed by atoms with Crippen molar-refractivity contribution in [3.05, 3.63) is 0 Å². The number of carbonyl (C=O) groups excluding carboxylic acids is 1. The molecule has 0 spiro atoms. The van der Waals surface area contributed by atoms with Gasteiger partial charge in [-0.2, -0.15) is 0 Å². The molecule has 0 aliphatic heterocycles. The summed E-state index contributed by atoms with van der Waals surface area (Å²) >= 11 is 0. The number of ether oxygens (including phenoxy) is 1. The molecule has 0 saturated heterocycles. The monoisotopic (exact) mass is 244 g/mol. The lowest BCUT2D eigenvalue weighted by molar-refractivity contribution is -0.163. The van der Waals surface area contributed by atoms with Crippen LogP contribution in [0.25, 0.3) is 0 Å². The summed E-state index contributed by atoms with van der Waals surface area (Å²) in [5, 5.41) is 8.82. The highest BCUT2D eigenvalue weighted by Gasteiger charge is 2.19. The van der Waals surface area contributed by atoms with Gasteiger partial charge in [0.1, 0.15) is 0 Å². The van der Waals surface area contributed by atoms with Crippen LogP contribution in [0.2, 0.25) is 0 Å². The molecule has 0 aliphatic carbocycles. The van der Waals surface area contributed by atoms with Crippen LogP contribution >= 0.6 is 0 Å². The molecule has 1 N–H and O–H groups in total. The molecule has 1 atom stereocenters. The van der Waals surface area contributed by atoms with Crippen molar-refractivity contribution in [2.75, 3.05) is 0 Å². The van der Waals surface area contributed by atoms with E-state index < -0.39 is 18.0 Å². The van der Waals surface area contributed by atoms with Crippen LogP contribution in [0, 0.1) is 0 Å². The van der Waals surface area contributed by atoms with Gasteiger partial charge in [0.05, 0.1) is 0 Å². The van der Waals surface area contributed by atoms with Crippen molar-refractivity contribution in [2.24, 2.45) is 0 Å². The zero-order valence-electron chi connectivity index (χ0n) is 10.9. The van der Waals surface area contributed by atoms with Gasteiger partial charge in [0, 0.05) is 6.92 Å². The standard InChI is InChI=1S/C13H24O4/c1-3-4-5-6-7-8-9-10-12(13(15)16)17-11(2)14/h12H,3-10H2,1-2H3,(H,15,16). The molecule has 0 amide bonds. The Labute approximate surface area is 103 Å². The maximum Gasteiger partial charge on any atom is 0.345 e. The maximum absolute atomic E-state index is 10.8. The van der Waals surface area contributed by atoms with Gasteiger partial charge in [-0.3, -0.25) is 4.79 Å². The Morgan fingerprint density at radius 2 is 1.59 bits per heavy atom. The first kappa shape index (κ1) is 15.9. The van der Waals surface area contributed by atoms with Crippen LogP contribution in [0.15, 0.2) is 0 Å². The number of carboxylic acids is 1. The molecule has 100 valence electrons. The molecule has 0 aromatic rings. The minimum atomic E-state index is -1.05. The van der Waals surface area contributed by atoms with E-state index in [4.69, 9.17) is 9.84 Å². The quantitative estimate of drug-likeness (QED) is 0.473. The lowest BCUT2D eigenvalue weighted by Crippen LogP contribution is -2.25. The molecule has 1 unspecified atom stereocenters. The number of hydrogen-bond acceptors (Lipinski definition) is 3. The molecule has 0 heterocycles. The fraction of sp³-hybridized carbons (Fsp3) is 0.846. The van der Waals surface area contributed by atoms with Crippen molar-refractivity contribution in [3.63, 3.8) is 0 Å². The number of carboxylic acid groups (broad SMARTS) is 1. The van der Waals surface area contributed by atoms with Gasteiger partial charge >= 0.3 is 11.9 Å². The van der Waals surface area contributed by atoms with Gasteiger partial charge in [0.15, 0.2) is 6.10 Å². The Hall–Kier alpha value is -1.06. The minimum absolute atomic E-state index is 0.419. The van der Waals surface area contributed by atoms with E-state index in [1.807, 2.05) is 0 Å². The molecule has 17 heavy (non-hydrogen) atoms. The first-order valence-corrected chi connectivity index (χ1v) is 6.48. The van der Waals surface area contributed by atoms with E-state index in [1.165, 1.54) is 32.6 Å². The zero-order chi connectivity index (χ0) is 13.1. The molecule has 0 radical (unpaired) electrons. The average molecular weight is 244 g/mol. The predicted molar refractivity (Wildman–Crippen MR) is 65.8 cm³/mol. The van der Waals surface area contributed by atoms with Crippen molar-refractivity contribution < 1.29 is 19.4 Å². The van der Waals surface area contributed by atoms with Gasteiger partial charge in [0.2, 0.25) is 0 Å². The summed E-state index contributed by atoms with van der Waals surface area (Å²) in [7, 11) is 0. The Morgan fingerprint density at radius 3 is 2.06 bits per heavy atom. The molecule has 0 aromatic carbocycles. The number of hydrogen-bond donors (Lipinski definition) is 1. The molecule has 0 aliphatic rings. The number of unbranched alkanes of at least 4 members (excludes halogenated alkanes) is 6. The lowest BCUT2D eigenvalue weighted by Gasteiger charge is -2.11. The zero-order valence-corrected chi connectivity index (χ0v) is 10.9. The normalized spacial score (nSPS) is 12.1. The topological polar surface area (TPSA) is 63.6 Å². The summed E-state index contributed by atoms with van der Waals surface area (Å²) < 4.78 is 4.72. The smallest absolute Gasteiger partial charge is 0.345 e. The van der Waals surface area contributed by atoms with Gasteiger partial charge in [-0.05, 0) is 12.8 Å². The minimum Gasteiger partial charge on any atom is -0.479 e. The van der Waals surface area contributed by atoms with Crippen LogP contribution in [0.1, 0.15) is 65.2 Å². The van der Waals surface area contributed by atoms with Crippen LogP contribution in [0.3, 0.4) is 0 Å². The molecule has 0 bridgehead atoms. The van der Waals surface area contributed by atoms with E-state index >= 15 is 0 Å². The lowest BCUT2D eigenvalue weighted by atomic mass is 10.1. The van der Waals surface area contributed by atoms with E-state index in [0.29, 0.717) is 6.42 Å². The summed E-state index contributed by atoms with van der Waals surface area (Å²) in [6, 6.07) is 0. The van der Waals surface area contributed by atoms with E-state index in [9.17, 15) is 9.59 Å². The molecular formula is C13H24O4. The summed E-state index contributed by atoms with van der Waals surface area (Å²) in [6.07, 6.45) is 7.35. The highest BCUT2D eigenvalue weighted by molar-refractivity contribution is 5.76. The third-order valence-electron chi connectivity index (χ3n) is 2.65. The fourth-order valence-electron chi connectivity index (χ4n) is 1.72. The molecule has 0 aromatic heterocycles. The third-order valence-corrected chi connectivity index (χ3v) is 2.65. The fourth-order valence-corrected chi connectivity index (χ4v) is 1.72. The number of carbonyl (C=O) groups is 2. The molecule has 4 nitrogen and oxygen atoms in total. The number of aliphatic carboxylic acids is 1. The Kier molecular flexibility index (Phi) is 9.49. The van der Waals surface area contributed by atoms with Gasteiger partial charge in [-0.25, -0.2) is 4.79 Å². The SMILES string of the molecule is CCCCCCCCCC(OC(C)=O)C(=O)O. The maximum atomic E-state index is 10.8. The van der Waals surface area contributed by atoms with Crippen LogP contribution in [0.5, 0.6) is 0 Å². The third kappa shape index (κ3) is 9.85. The molecule has 0 rings (SSSR count). The second kappa shape index (κ2) is 10.1. The molecule has 0 saturated carbocycles. The second-order valence-corrected chi connectivity index (χ2v) is 4.35. The van der Waals surface area contributed by atoms with Gasteiger partial charge in [-0.1, -0.05) is 45.4 Å². The first-order valence-electron chi connectivity index (χ1n) is 6.48. The first-order chi connectivity index (χ1) is 8.07. The number of esters is 1. The van der Waals surface area contributed by atoms with Crippen LogP contribution in [-0.4, -0.2) is 23.1 Å². The average Bonchev–Trinajstić information content (AvgIpc) is 2.25. The van der Waals surface area contributed by atoms with E-state index in [2.05, 4.69) is 6.92 Å². The van der Waals surface area contributed by atoms with Crippen molar-refractivity contribution in [3.8, 4) is 0 Å². The number of rotatable bonds is 10. The Bertz CT molecular complexity index is 225. The van der Waals surface area contributed by atoms with Crippen LogP contribution in [-0.2, 0) is 14.3 Å². The highest BCUT2D eigenvalue weighted by atomic mass is 16.6. The van der Waals surface area contributed by atoms with Gasteiger partial charge in [0.25, 0.3) is 0 Å². The predicted octanol–water partition coefficient (Wildman–Crippen LogP) is 3.14. The largest absolute Gasteiger partial charge is 0.479 e. The highest BCUT2D eigenvalue weighted by Crippen LogP contribution is 2.11. The van der Waals surface area contributed by atoms with Gasteiger partial charge in [-0.15, -0.1) is 0 Å². The van der Waals surface area contributed by atoms with Crippen molar-refractivity contribution >= 4 is 11.9 Å². The van der Waals surface area contributed by atoms with E-state index in [-0.39, 0.29) is 0 Å². The van der Waals surface area contributed by atoms with Crippen molar-refractivity contribution in [2.45, 2.75) is 71.3 Å². The summed E-state index contributed by atoms with van der Waals surface area (Å²) in [6.45, 7) is 3.41. The molecule has 0 fully saturated rings. The summed E-state index contributed by atoms with van der Waals surface area (Å²) in [5.74, 6) is -1.58. The second-order valence-electron chi connectivity index (χ2n) is 4.35. The van der Waals surface area contributed by atoms with Gasteiger partial charge < -0.3 is 9.84 Å².